The average Bonchev–Trinajstić information content (AvgIpc) is 2.43. The second-order valence-electron chi connectivity index (χ2n) is 4.40. The summed E-state index contributed by atoms with van der Waals surface area (Å²) in [5.74, 6) is -0.554. The third-order valence-corrected chi connectivity index (χ3v) is 2.96. The van der Waals surface area contributed by atoms with Gasteiger partial charge in [-0.25, -0.2) is 8.78 Å². The van der Waals surface area contributed by atoms with Gasteiger partial charge in [-0.15, -0.1) is 0 Å². The monoisotopic (exact) mass is 283 g/mol. The molecule has 3 N–H and O–H groups in total. The van der Waals surface area contributed by atoms with Crippen LogP contribution in [0.1, 0.15) is 5.56 Å². The smallest absolute Gasteiger partial charge is 0.257 e. The van der Waals surface area contributed by atoms with Crippen LogP contribution in [0.2, 0.25) is 0 Å². The van der Waals surface area contributed by atoms with Crippen LogP contribution in [0.15, 0.2) is 36.0 Å². The number of anilines is 1. The Balaban J connectivity index is 3.08. The normalized spacial score (nSPS) is 13.2. The van der Waals surface area contributed by atoms with E-state index in [0.29, 0.717) is 5.69 Å². The van der Waals surface area contributed by atoms with E-state index in [1.165, 1.54) is 25.2 Å². The summed E-state index contributed by atoms with van der Waals surface area (Å²) in [6, 6.07) is 5.58. The summed E-state index contributed by atoms with van der Waals surface area (Å²) in [6.45, 7) is 1.84. The molecular formula is C14H19F2N3O. The summed E-state index contributed by atoms with van der Waals surface area (Å²) in [7, 11) is 3.06. The number of nitrogens with one attached hydrogen (secondary N) is 1. The molecule has 1 atom stereocenters. The Morgan fingerprint density at radius 3 is 2.50 bits per heavy atom. The van der Waals surface area contributed by atoms with Gasteiger partial charge < -0.3 is 16.0 Å². The zero-order chi connectivity index (χ0) is 15.3. The molecule has 0 radical (unpaired) electrons. The van der Waals surface area contributed by atoms with Crippen molar-refractivity contribution in [3.05, 3.63) is 41.6 Å². The first kappa shape index (κ1) is 16.1. The van der Waals surface area contributed by atoms with Crippen LogP contribution in [-0.2, 0) is 4.79 Å². The predicted octanol–water partition coefficient (Wildman–Crippen LogP) is 1.65. The van der Waals surface area contributed by atoms with Crippen molar-refractivity contribution in [2.75, 3.05) is 19.0 Å². The summed E-state index contributed by atoms with van der Waals surface area (Å²) >= 11 is 0. The highest BCUT2D eigenvalue weighted by Gasteiger charge is 2.28. The second-order valence-corrected chi connectivity index (χ2v) is 4.40. The van der Waals surface area contributed by atoms with Gasteiger partial charge in [0.05, 0.1) is 11.6 Å². The number of carbonyl (C=O) groups is 1. The number of carbonyl (C=O) groups excluding carboxylic acids is 1. The predicted molar refractivity (Wildman–Crippen MR) is 75.7 cm³/mol. The molecule has 1 unspecified atom stereocenters. The van der Waals surface area contributed by atoms with Crippen molar-refractivity contribution < 1.29 is 13.6 Å². The maximum Gasteiger partial charge on any atom is 0.257 e. The van der Waals surface area contributed by atoms with E-state index in [1.807, 2.05) is 19.1 Å². The first-order valence-electron chi connectivity index (χ1n) is 6.15. The number of alkyl halides is 2. The van der Waals surface area contributed by atoms with Crippen molar-refractivity contribution in [3.8, 4) is 0 Å². The van der Waals surface area contributed by atoms with Gasteiger partial charge >= 0.3 is 0 Å². The summed E-state index contributed by atoms with van der Waals surface area (Å²) in [6.07, 6.45) is -1.59. The Labute approximate surface area is 117 Å². The van der Waals surface area contributed by atoms with Crippen LogP contribution in [0.4, 0.5) is 14.5 Å². The Morgan fingerprint density at radius 2 is 2.00 bits per heavy atom. The molecule has 0 fully saturated rings. The molecule has 0 aliphatic carbocycles. The lowest BCUT2D eigenvalue weighted by molar-refractivity contribution is -0.115. The number of aryl methyl sites for hydroxylation is 1. The fraction of sp³-hybridized carbons (Fsp3) is 0.357. The van der Waals surface area contributed by atoms with Crippen LogP contribution in [0.25, 0.3) is 0 Å². The minimum atomic E-state index is -2.80. The third kappa shape index (κ3) is 3.54. The Hall–Kier alpha value is -1.95. The molecule has 6 heteroatoms. The zero-order valence-corrected chi connectivity index (χ0v) is 11.7. The Bertz CT molecular complexity index is 503. The zero-order valence-electron chi connectivity index (χ0n) is 11.7. The molecule has 0 saturated heterocycles. The van der Waals surface area contributed by atoms with Crippen LogP contribution in [0, 0.1) is 6.92 Å². The second kappa shape index (κ2) is 7.00. The summed E-state index contributed by atoms with van der Waals surface area (Å²) < 4.78 is 25.5. The number of rotatable bonds is 5. The first-order chi connectivity index (χ1) is 9.40. The number of halogens is 2. The molecule has 0 spiro atoms. The molecule has 1 rings (SSSR count). The van der Waals surface area contributed by atoms with E-state index in [-0.39, 0.29) is 5.57 Å². The van der Waals surface area contributed by atoms with E-state index in [1.54, 1.807) is 12.1 Å². The number of hydrogen-bond acceptors (Lipinski definition) is 3. The van der Waals surface area contributed by atoms with Gasteiger partial charge in [0.15, 0.2) is 0 Å². The molecule has 1 amide bonds. The van der Waals surface area contributed by atoms with E-state index < -0.39 is 18.4 Å². The van der Waals surface area contributed by atoms with Gasteiger partial charge in [0, 0.05) is 26.0 Å². The topological polar surface area (TPSA) is 58.4 Å². The minimum Gasteiger partial charge on any atom is -0.394 e. The summed E-state index contributed by atoms with van der Waals surface area (Å²) in [5.41, 5.74) is 6.76. The van der Waals surface area contributed by atoms with Crippen molar-refractivity contribution in [1.82, 2.24) is 5.32 Å². The molecule has 0 aromatic heterocycles. The lowest BCUT2D eigenvalue weighted by Crippen LogP contribution is -2.41. The van der Waals surface area contributed by atoms with Crippen molar-refractivity contribution in [2.24, 2.45) is 5.73 Å². The molecule has 0 aliphatic heterocycles. The minimum absolute atomic E-state index is 0.159. The maximum atomic E-state index is 12.7. The quantitative estimate of drug-likeness (QED) is 0.808. The van der Waals surface area contributed by atoms with E-state index in [9.17, 15) is 13.6 Å². The van der Waals surface area contributed by atoms with Gasteiger partial charge in [-0.2, -0.15) is 0 Å². The standard InChI is InChI=1S/C14H19F2N3O/c1-9-6-4-5-7-11(9)19(3)14(20)10(8-18-2)12(17)13(15)16/h4-8,12-13,18H,17H2,1-3H3/b10-8+. The van der Waals surface area contributed by atoms with Crippen LogP contribution in [0.5, 0.6) is 0 Å². The van der Waals surface area contributed by atoms with Crippen LogP contribution in [-0.4, -0.2) is 32.5 Å². The van der Waals surface area contributed by atoms with Crippen molar-refractivity contribution in [2.45, 2.75) is 19.4 Å². The van der Waals surface area contributed by atoms with Gasteiger partial charge in [0.1, 0.15) is 0 Å². The molecule has 4 nitrogen and oxygen atoms in total. The molecular weight excluding hydrogens is 264 g/mol. The largest absolute Gasteiger partial charge is 0.394 e. The van der Waals surface area contributed by atoms with Crippen LogP contribution >= 0.6 is 0 Å². The van der Waals surface area contributed by atoms with E-state index in [0.717, 1.165) is 5.56 Å². The highest BCUT2D eigenvalue weighted by Crippen LogP contribution is 2.21. The van der Waals surface area contributed by atoms with Gasteiger partial charge in [0.2, 0.25) is 0 Å². The van der Waals surface area contributed by atoms with Gasteiger partial charge in [0.25, 0.3) is 12.3 Å². The molecule has 0 bridgehead atoms. The number of para-hydroxylation sites is 1. The van der Waals surface area contributed by atoms with E-state index in [4.69, 9.17) is 5.73 Å². The average molecular weight is 283 g/mol. The lowest BCUT2D eigenvalue weighted by atomic mass is 10.1. The number of nitrogens with zero attached hydrogens (tertiary/aromatic N) is 1. The van der Waals surface area contributed by atoms with Crippen molar-refractivity contribution in [1.29, 1.82) is 0 Å². The van der Waals surface area contributed by atoms with E-state index >= 15 is 0 Å². The number of hydrogen-bond donors (Lipinski definition) is 2. The van der Waals surface area contributed by atoms with E-state index in [2.05, 4.69) is 5.32 Å². The fourth-order valence-corrected chi connectivity index (χ4v) is 1.83. The number of likely N-dealkylation sites (N-methyl/N-ethyl adjacent to an activating group) is 1. The highest BCUT2D eigenvalue weighted by atomic mass is 19.3. The molecule has 20 heavy (non-hydrogen) atoms. The van der Waals surface area contributed by atoms with Gasteiger partial charge in [-0.3, -0.25) is 4.79 Å². The number of nitrogens with two attached hydrogens (primary N) is 1. The summed E-state index contributed by atoms with van der Waals surface area (Å²) in [4.78, 5) is 13.7. The third-order valence-electron chi connectivity index (χ3n) is 2.96. The van der Waals surface area contributed by atoms with Crippen molar-refractivity contribution in [3.63, 3.8) is 0 Å². The lowest BCUT2D eigenvalue weighted by Gasteiger charge is -2.23. The first-order valence-corrected chi connectivity index (χ1v) is 6.15. The Morgan fingerprint density at radius 1 is 1.40 bits per heavy atom. The van der Waals surface area contributed by atoms with Crippen LogP contribution in [0.3, 0.4) is 0 Å². The highest BCUT2D eigenvalue weighted by molar-refractivity contribution is 6.06. The molecule has 110 valence electrons. The molecule has 0 saturated carbocycles. The SMILES string of the molecule is CN/C=C(/C(=O)N(C)c1ccccc1C)C(N)C(F)F. The Kier molecular flexibility index (Phi) is 5.64. The molecule has 0 aliphatic rings. The van der Waals surface area contributed by atoms with Gasteiger partial charge in [-0.1, -0.05) is 18.2 Å². The molecule has 0 heterocycles. The molecule has 1 aromatic carbocycles. The van der Waals surface area contributed by atoms with Gasteiger partial charge in [-0.05, 0) is 18.6 Å². The summed E-state index contributed by atoms with van der Waals surface area (Å²) in [5, 5.41) is 2.58. The fourth-order valence-electron chi connectivity index (χ4n) is 1.83. The number of benzene rings is 1. The molecule has 1 aromatic rings. The van der Waals surface area contributed by atoms with Crippen LogP contribution < -0.4 is 16.0 Å². The van der Waals surface area contributed by atoms with Crippen molar-refractivity contribution >= 4 is 11.6 Å². The maximum absolute atomic E-state index is 12.7. The number of amides is 1.